The lowest BCUT2D eigenvalue weighted by molar-refractivity contribution is -0.118. The molecule has 2 amide bonds. The normalized spacial score (nSPS) is 13.8. The highest BCUT2D eigenvalue weighted by Crippen LogP contribution is 2.33. The van der Waals surface area contributed by atoms with Crippen LogP contribution in [0.5, 0.6) is 11.5 Å². The average molecular weight is 466 g/mol. The molecule has 1 atom stereocenters. The first-order chi connectivity index (χ1) is 16.5. The van der Waals surface area contributed by atoms with Gasteiger partial charge in [-0.05, 0) is 56.0 Å². The predicted molar refractivity (Wildman–Crippen MR) is 136 cm³/mol. The van der Waals surface area contributed by atoms with Crippen molar-refractivity contribution < 1.29 is 19.1 Å². The number of methoxy groups -OCH3 is 2. The fourth-order valence-corrected chi connectivity index (χ4v) is 4.27. The standard InChI is InChI=1S/C27H35N3O4/c1-5-10-19-16-20(17-24(33-3)25(19)34-4)26(31)29-23(11-6-2)27(32)28-21-12-9-13-22(18-21)30-14-7-8-15-30/h5,9,12-13,16-18,23H,1,6-8,10-11,14-15H2,2-4H3,(H,28,32)(H,29,31). The molecule has 2 N–H and O–H groups in total. The van der Waals surface area contributed by atoms with Gasteiger partial charge in [0.2, 0.25) is 5.91 Å². The summed E-state index contributed by atoms with van der Waals surface area (Å²) < 4.78 is 10.9. The first-order valence-electron chi connectivity index (χ1n) is 11.8. The Bertz CT molecular complexity index is 1010. The number of hydrogen-bond donors (Lipinski definition) is 2. The van der Waals surface area contributed by atoms with Crippen molar-refractivity contribution in [3.05, 3.63) is 60.2 Å². The highest BCUT2D eigenvalue weighted by Gasteiger charge is 2.23. The summed E-state index contributed by atoms with van der Waals surface area (Å²) in [6.07, 6.45) is 5.91. The SMILES string of the molecule is C=CCc1cc(C(=O)NC(CCC)C(=O)Nc2cccc(N3CCCC3)c2)cc(OC)c1OC. The van der Waals surface area contributed by atoms with Crippen LogP contribution in [0.4, 0.5) is 11.4 Å². The number of anilines is 2. The van der Waals surface area contributed by atoms with Crippen molar-refractivity contribution in [3.63, 3.8) is 0 Å². The highest BCUT2D eigenvalue weighted by atomic mass is 16.5. The Kier molecular flexibility index (Phi) is 8.96. The van der Waals surface area contributed by atoms with E-state index in [4.69, 9.17) is 9.47 Å². The van der Waals surface area contributed by atoms with E-state index in [1.165, 1.54) is 20.0 Å². The first kappa shape index (κ1) is 25.1. The third-order valence-electron chi connectivity index (χ3n) is 5.97. The Labute approximate surface area is 202 Å². The van der Waals surface area contributed by atoms with E-state index in [2.05, 4.69) is 28.2 Å². The van der Waals surface area contributed by atoms with E-state index in [0.29, 0.717) is 29.9 Å². The minimum absolute atomic E-state index is 0.236. The van der Waals surface area contributed by atoms with E-state index in [1.54, 1.807) is 25.3 Å². The van der Waals surface area contributed by atoms with Crippen LogP contribution in [0, 0.1) is 0 Å². The molecule has 1 unspecified atom stereocenters. The van der Waals surface area contributed by atoms with Crippen LogP contribution in [0.15, 0.2) is 49.1 Å². The maximum atomic E-state index is 13.1. The lowest BCUT2D eigenvalue weighted by Gasteiger charge is -2.21. The minimum Gasteiger partial charge on any atom is -0.493 e. The molecule has 0 aliphatic carbocycles. The Morgan fingerprint density at radius 1 is 1.15 bits per heavy atom. The van der Waals surface area contributed by atoms with E-state index in [9.17, 15) is 9.59 Å². The summed E-state index contributed by atoms with van der Waals surface area (Å²) in [5, 5.41) is 5.88. The molecule has 34 heavy (non-hydrogen) atoms. The Balaban J connectivity index is 1.76. The molecule has 3 rings (SSSR count). The zero-order chi connectivity index (χ0) is 24.5. The van der Waals surface area contributed by atoms with Crippen LogP contribution in [0.25, 0.3) is 0 Å². The number of rotatable bonds is 11. The van der Waals surface area contributed by atoms with Gasteiger partial charge in [-0.25, -0.2) is 0 Å². The Hall–Kier alpha value is -3.48. The fourth-order valence-electron chi connectivity index (χ4n) is 4.27. The van der Waals surface area contributed by atoms with Crippen molar-refractivity contribution in [1.29, 1.82) is 0 Å². The van der Waals surface area contributed by atoms with Gasteiger partial charge in [-0.1, -0.05) is 25.5 Å². The molecule has 182 valence electrons. The van der Waals surface area contributed by atoms with Gasteiger partial charge in [0.05, 0.1) is 14.2 Å². The minimum atomic E-state index is -0.663. The van der Waals surface area contributed by atoms with Gasteiger partial charge >= 0.3 is 0 Å². The third-order valence-corrected chi connectivity index (χ3v) is 5.97. The third kappa shape index (κ3) is 6.10. The van der Waals surface area contributed by atoms with Crippen LogP contribution in [-0.4, -0.2) is 45.2 Å². The van der Waals surface area contributed by atoms with E-state index < -0.39 is 6.04 Å². The van der Waals surface area contributed by atoms with Crippen molar-refractivity contribution in [2.45, 2.75) is 45.1 Å². The summed E-state index contributed by atoms with van der Waals surface area (Å²) in [4.78, 5) is 28.5. The molecule has 0 spiro atoms. The van der Waals surface area contributed by atoms with E-state index in [0.717, 1.165) is 36.4 Å². The molecule has 1 heterocycles. The lowest BCUT2D eigenvalue weighted by Crippen LogP contribution is -2.43. The topological polar surface area (TPSA) is 79.9 Å². The van der Waals surface area contributed by atoms with Gasteiger partial charge in [-0.3, -0.25) is 9.59 Å². The number of benzene rings is 2. The molecule has 7 heteroatoms. The summed E-state index contributed by atoms with van der Waals surface area (Å²) in [6, 6.07) is 10.6. The van der Waals surface area contributed by atoms with E-state index in [-0.39, 0.29) is 11.8 Å². The Morgan fingerprint density at radius 3 is 2.56 bits per heavy atom. The van der Waals surface area contributed by atoms with Gasteiger partial charge in [-0.2, -0.15) is 0 Å². The number of ether oxygens (including phenoxy) is 2. The van der Waals surface area contributed by atoms with Crippen LogP contribution in [0.3, 0.4) is 0 Å². The van der Waals surface area contributed by atoms with Gasteiger partial charge in [0.25, 0.3) is 5.91 Å². The van der Waals surface area contributed by atoms with Gasteiger partial charge in [0.15, 0.2) is 11.5 Å². The maximum Gasteiger partial charge on any atom is 0.252 e. The molecule has 0 saturated carbocycles. The molecular formula is C27H35N3O4. The zero-order valence-corrected chi connectivity index (χ0v) is 20.4. The van der Waals surface area contributed by atoms with Crippen molar-refractivity contribution in [2.24, 2.45) is 0 Å². The van der Waals surface area contributed by atoms with Crippen LogP contribution in [-0.2, 0) is 11.2 Å². The average Bonchev–Trinajstić information content (AvgIpc) is 3.38. The second kappa shape index (κ2) is 12.1. The molecule has 2 aromatic rings. The number of allylic oxidation sites excluding steroid dienone is 1. The molecule has 1 saturated heterocycles. The van der Waals surface area contributed by atoms with Gasteiger partial charge in [-0.15, -0.1) is 6.58 Å². The quantitative estimate of drug-likeness (QED) is 0.475. The van der Waals surface area contributed by atoms with Gasteiger partial charge < -0.3 is 25.0 Å². The number of amides is 2. The van der Waals surface area contributed by atoms with Crippen LogP contribution < -0.4 is 25.0 Å². The number of carbonyl (C=O) groups is 2. The summed E-state index contributed by atoms with van der Waals surface area (Å²) in [5.41, 5.74) is 3.02. The van der Waals surface area contributed by atoms with Gasteiger partial charge in [0.1, 0.15) is 6.04 Å². The number of nitrogens with one attached hydrogen (secondary N) is 2. The molecule has 0 radical (unpaired) electrons. The molecule has 1 aliphatic heterocycles. The second-order valence-electron chi connectivity index (χ2n) is 8.41. The first-order valence-corrected chi connectivity index (χ1v) is 11.8. The van der Waals surface area contributed by atoms with Crippen LogP contribution >= 0.6 is 0 Å². The summed E-state index contributed by atoms with van der Waals surface area (Å²) in [5.74, 6) is 0.452. The molecule has 1 fully saturated rings. The monoisotopic (exact) mass is 465 g/mol. The molecule has 1 aliphatic rings. The predicted octanol–water partition coefficient (Wildman–Crippen LogP) is 4.57. The summed E-state index contributed by atoms with van der Waals surface area (Å²) in [6.45, 7) is 7.83. The van der Waals surface area contributed by atoms with Crippen molar-refractivity contribution in [1.82, 2.24) is 5.32 Å². The Morgan fingerprint density at radius 2 is 1.91 bits per heavy atom. The molecular weight excluding hydrogens is 430 g/mol. The van der Waals surface area contributed by atoms with E-state index >= 15 is 0 Å². The summed E-state index contributed by atoms with van der Waals surface area (Å²) >= 11 is 0. The van der Waals surface area contributed by atoms with Crippen molar-refractivity contribution in [3.8, 4) is 11.5 Å². The molecule has 2 aromatic carbocycles. The number of hydrogen-bond acceptors (Lipinski definition) is 5. The van der Waals surface area contributed by atoms with Crippen LogP contribution in [0.1, 0.15) is 48.5 Å². The van der Waals surface area contributed by atoms with Gasteiger partial charge in [0, 0.05) is 35.6 Å². The fraction of sp³-hybridized carbons (Fsp3) is 0.407. The van der Waals surface area contributed by atoms with Crippen LogP contribution in [0.2, 0.25) is 0 Å². The molecule has 7 nitrogen and oxygen atoms in total. The highest BCUT2D eigenvalue weighted by molar-refractivity contribution is 6.01. The van der Waals surface area contributed by atoms with E-state index in [1.807, 2.05) is 25.1 Å². The molecule has 0 aromatic heterocycles. The summed E-state index contributed by atoms with van der Waals surface area (Å²) in [7, 11) is 3.09. The smallest absolute Gasteiger partial charge is 0.252 e. The molecule has 0 bridgehead atoms. The van der Waals surface area contributed by atoms with Crippen molar-refractivity contribution >= 4 is 23.2 Å². The zero-order valence-electron chi connectivity index (χ0n) is 20.4. The second-order valence-corrected chi connectivity index (χ2v) is 8.41. The van der Waals surface area contributed by atoms with Crippen molar-refractivity contribution in [2.75, 3.05) is 37.5 Å². The number of nitrogens with zero attached hydrogens (tertiary/aromatic N) is 1. The lowest BCUT2D eigenvalue weighted by atomic mass is 10.0. The largest absolute Gasteiger partial charge is 0.493 e. The number of carbonyl (C=O) groups excluding carboxylic acids is 2. The maximum absolute atomic E-state index is 13.1.